The molecule has 0 saturated heterocycles. The zero-order chi connectivity index (χ0) is 26.2. The van der Waals surface area contributed by atoms with Gasteiger partial charge in [0, 0.05) is 26.1 Å². The molecule has 0 aliphatic heterocycles. The summed E-state index contributed by atoms with van der Waals surface area (Å²) in [4.78, 5) is 27.2. The Labute approximate surface area is 213 Å². The summed E-state index contributed by atoms with van der Waals surface area (Å²) < 4.78 is 31.2. The molecular formula is C25H34ClN3O5S. The van der Waals surface area contributed by atoms with Crippen molar-refractivity contribution >= 4 is 39.1 Å². The minimum Gasteiger partial charge on any atom is -0.495 e. The molecule has 1 N–H and O–H groups in total. The first-order chi connectivity index (χ1) is 16.5. The number of nitrogens with one attached hydrogen (secondary N) is 1. The van der Waals surface area contributed by atoms with Crippen molar-refractivity contribution in [3.8, 4) is 5.75 Å². The summed E-state index contributed by atoms with van der Waals surface area (Å²) in [6.07, 6.45) is 1.45. The average molecular weight is 524 g/mol. The van der Waals surface area contributed by atoms with Crippen LogP contribution in [0.2, 0.25) is 5.02 Å². The Morgan fingerprint density at radius 3 is 2.34 bits per heavy atom. The number of amides is 2. The highest BCUT2D eigenvalue weighted by Crippen LogP contribution is 2.30. The number of carbonyl (C=O) groups excluding carboxylic acids is 2. The van der Waals surface area contributed by atoms with Crippen LogP contribution in [0.3, 0.4) is 0 Å². The number of rotatable bonds is 12. The number of sulfonamides is 1. The number of anilines is 1. The van der Waals surface area contributed by atoms with E-state index in [4.69, 9.17) is 16.3 Å². The molecule has 8 nitrogen and oxygen atoms in total. The first kappa shape index (κ1) is 28.5. The van der Waals surface area contributed by atoms with Crippen LogP contribution in [0.15, 0.2) is 42.5 Å². The first-order valence-corrected chi connectivity index (χ1v) is 13.6. The van der Waals surface area contributed by atoms with E-state index in [1.165, 1.54) is 22.4 Å². The molecule has 2 aromatic carbocycles. The van der Waals surface area contributed by atoms with Gasteiger partial charge in [-0.1, -0.05) is 41.4 Å². The quantitative estimate of drug-likeness (QED) is 0.457. The van der Waals surface area contributed by atoms with E-state index >= 15 is 0 Å². The summed E-state index contributed by atoms with van der Waals surface area (Å²) in [6.45, 7) is 6.32. The van der Waals surface area contributed by atoms with Crippen LogP contribution < -0.4 is 14.4 Å². The van der Waals surface area contributed by atoms with E-state index in [1.54, 1.807) is 19.1 Å². The summed E-state index contributed by atoms with van der Waals surface area (Å²) in [7, 11) is -2.14. The van der Waals surface area contributed by atoms with E-state index < -0.39 is 16.1 Å². The van der Waals surface area contributed by atoms with E-state index in [0.717, 1.165) is 17.4 Å². The Morgan fingerprint density at radius 1 is 1.14 bits per heavy atom. The summed E-state index contributed by atoms with van der Waals surface area (Å²) >= 11 is 6.18. The molecule has 0 radical (unpaired) electrons. The fraction of sp³-hybridized carbons (Fsp3) is 0.440. The monoisotopic (exact) mass is 523 g/mol. The van der Waals surface area contributed by atoms with Crippen LogP contribution in [0.5, 0.6) is 5.75 Å². The third-order valence-electron chi connectivity index (χ3n) is 5.57. The van der Waals surface area contributed by atoms with Crippen molar-refractivity contribution in [3.63, 3.8) is 0 Å². The van der Waals surface area contributed by atoms with Gasteiger partial charge in [-0.2, -0.15) is 0 Å². The van der Waals surface area contributed by atoms with Crippen molar-refractivity contribution < 1.29 is 22.7 Å². The van der Waals surface area contributed by atoms with Gasteiger partial charge in [0.1, 0.15) is 11.8 Å². The smallest absolute Gasteiger partial charge is 0.242 e. The molecule has 35 heavy (non-hydrogen) atoms. The number of aryl methyl sites for hydroxylation is 1. The van der Waals surface area contributed by atoms with Crippen molar-refractivity contribution in [2.75, 3.05) is 30.8 Å². The van der Waals surface area contributed by atoms with Crippen LogP contribution in [0.4, 0.5) is 5.69 Å². The summed E-state index contributed by atoms with van der Waals surface area (Å²) in [5.74, 6) is -0.0331. The number of benzene rings is 2. The maximum Gasteiger partial charge on any atom is 0.242 e. The molecule has 0 spiro atoms. The fourth-order valence-corrected chi connectivity index (χ4v) is 4.82. The largest absolute Gasteiger partial charge is 0.495 e. The number of likely N-dealkylation sites (N-methyl/N-ethyl adjacent to an activating group) is 1. The van der Waals surface area contributed by atoms with Gasteiger partial charge in [-0.3, -0.25) is 13.9 Å². The van der Waals surface area contributed by atoms with E-state index in [-0.39, 0.29) is 42.8 Å². The molecule has 0 saturated carbocycles. The number of hydrogen-bond acceptors (Lipinski definition) is 5. The van der Waals surface area contributed by atoms with Crippen molar-refractivity contribution in [1.29, 1.82) is 0 Å². The molecule has 0 unspecified atom stereocenters. The average Bonchev–Trinajstić information content (AvgIpc) is 2.80. The highest BCUT2D eigenvalue weighted by Gasteiger charge is 2.26. The minimum absolute atomic E-state index is 0.0749. The van der Waals surface area contributed by atoms with Gasteiger partial charge in [-0.25, -0.2) is 8.42 Å². The maximum absolute atomic E-state index is 13.2. The van der Waals surface area contributed by atoms with Gasteiger partial charge >= 0.3 is 0 Å². The van der Waals surface area contributed by atoms with Crippen LogP contribution >= 0.6 is 11.6 Å². The third-order valence-corrected chi connectivity index (χ3v) is 7.06. The molecule has 2 aromatic rings. The lowest BCUT2D eigenvalue weighted by Gasteiger charge is -2.29. The van der Waals surface area contributed by atoms with Gasteiger partial charge < -0.3 is 15.0 Å². The van der Waals surface area contributed by atoms with Crippen molar-refractivity contribution in [1.82, 2.24) is 10.2 Å². The third kappa shape index (κ3) is 8.14. The van der Waals surface area contributed by atoms with E-state index in [1.807, 2.05) is 38.1 Å². The lowest BCUT2D eigenvalue weighted by Crippen LogP contribution is -2.47. The molecule has 0 bridgehead atoms. The normalized spacial score (nSPS) is 12.1. The zero-order valence-electron chi connectivity index (χ0n) is 20.9. The van der Waals surface area contributed by atoms with Crippen molar-refractivity contribution in [2.45, 2.75) is 46.2 Å². The molecule has 0 aliphatic carbocycles. The second-order valence-electron chi connectivity index (χ2n) is 8.34. The Kier molecular flexibility index (Phi) is 10.4. The van der Waals surface area contributed by atoms with Gasteiger partial charge in [0.05, 0.1) is 24.1 Å². The maximum atomic E-state index is 13.2. The van der Waals surface area contributed by atoms with Gasteiger partial charge in [-0.15, -0.1) is 0 Å². The molecule has 0 aromatic heterocycles. The predicted octanol–water partition coefficient (Wildman–Crippen LogP) is 3.76. The standard InChI is InChI=1S/C25H34ClN3O5S/c1-6-27-25(31)19(3)28(17-20-11-9-18(2)10-12-20)24(30)8-7-15-29(35(5,32)33)21-13-14-23(34-4)22(26)16-21/h9-14,16,19H,6-8,15,17H2,1-5H3,(H,27,31)/t19-/m0/s1. The molecule has 192 valence electrons. The van der Waals surface area contributed by atoms with Crippen LogP contribution in [0.1, 0.15) is 37.8 Å². The topological polar surface area (TPSA) is 96.0 Å². The number of halogens is 1. The SMILES string of the molecule is CCNC(=O)[C@H](C)N(Cc1ccc(C)cc1)C(=O)CCCN(c1ccc(OC)c(Cl)c1)S(C)(=O)=O. The van der Waals surface area contributed by atoms with Gasteiger partial charge in [-0.05, 0) is 51.0 Å². The highest BCUT2D eigenvalue weighted by molar-refractivity contribution is 7.92. The zero-order valence-corrected chi connectivity index (χ0v) is 22.4. The summed E-state index contributed by atoms with van der Waals surface area (Å²) in [5, 5.41) is 3.05. The fourth-order valence-electron chi connectivity index (χ4n) is 3.61. The number of carbonyl (C=O) groups is 2. The molecule has 10 heteroatoms. The molecule has 0 aliphatic rings. The molecular weight excluding hydrogens is 490 g/mol. The molecule has 2 amide bonds. The lowest BCUT2D eigenvalue weighted by atomic mass is 10.1. The van der Waals surface area contributed by atoms with Crippen LogP contribution in [0.25, 0.3) is 0 Å². The van der Waals surface area contributed by atoms with Crippen LogP contribution in [0, 0.1) is 6.92 Å². The lowest BCUT2D eigenvalue weighted by molar-refractivity contribution is -0.140. The predicted molar refractivity (Wildman–Crippen MR) is 139 cm³/mol. The summed E-state index contributed by atoms with van der Waals surface area (Å²) in [6, 6.07) is 11.8. The Morgan fingerprint density at radius 2 is 1.80 bits per heavy atom. The Hall–Kier alpha value is -2.78. The number of ether oxygens (including phenoxy) is 1. The highest BCUT2D eigenvalue weighted by atomic mass is 35.5. The second-order valence-corrected chi connectivity index (χ2v) is 10.6. The van der Waals surface area contributed by atoms with E-state index in [2.05, 4.69) is 5.32 Å². The van der Waals surface area contributed by atoms with Gasteiger partial charge in [0.25, 0.3) is 0 Å². The minimum atomic E-state index is -3.62. The van der Waals surface area contributed by atoms with Crippen LogP contribution in [-0.4, -0.2) is 57.6 Å². The first-order valence-electron chi connectivity index (χ1n) is 11.4. The number of hydrogen-bond donors (Lipinski definition) is 1. The van der Waals surface area contributed by atoms with Crippen molar-refractivity contribution in [3.05, 3.63) is 58.6 Å². The Balaban J connectivity index is 2.17. The number of methoxy groups -OCH3 is 1. The van der Waals surface area contributed by atoms with Gasteiger partial charge in [0.15, 0.2) is 0 Å². The van der Waals surface area contributed by atoms with Crippen molar-refractivity contribution in [2.24, 2.45) is 0 Å². The molecule has 2 rings (SSSR count). The molecule has 0 heterocycles. The van der Waals surface area contributed by atoms with E-state index in [0.29, 0.717) is 18.0 Å². The number of nitrogens with zero attached hydrogens (tertiary/aromatic N) is 2. The van der Waals surface area contributed by atoms with Gasteiger partial charge in [0.2, 0.25) is 21.8 Å². The summed E-state index contributed by atoms with van der Waals surface area (Å²) in [5.41, 5.74) is 2.39. The Bertz CT molecular complexity index is 1120. The van der Waals surface area contributed by atoms with Crippen LogP contribution in [-0.2, 0) is 26.2 Å². The molecule has 0 fully saturated rings. The second kappa shape index (κ2) is 12.8. The van der Waals surface area contributed by atoms with E-state index in [9.17, 15) is 18.0 Å². The molecule has 1 atom stereocenters.